The molecule has 1 fully saturated rings. The van der Waals surface area contributed by atoms with Crippen molar-refractivity contribution in [1.82, 2.24) is 0 Å². The average molecular weight is 172 g/mol. The van der Waals surface area contributed by atoms with Crippen LogP contribution in [0.3, 0.4) is 0 Å². The normalized spacial score (nSPS) is 22.2. The van der Waals surface area contributed by atoms with Crippen molar-refractivity contribution in [3.05, 3.63) is 0 Å². The quantitative estimate of drug-likeness (QED) is 0.592. The van der Waals surface area contributed by atoms with E-state index >= 15 is 0 Å². The van der Waals surface area contributed by atoms with E-state index in [4.69, 9.17) is 9.47 Å². The lowest BCUT2D eigenvalue weighted by Gasteiger charge is -2.42. The van der Waals surface area contributed by atoms with Crippen LogP contribution in [0, 0.1) is 5.41 Å². The fraction of sp³-hybridized carbons (Fsp3) is 1.00. The van der Waals surface area contributed by atoms with E-state index in [1.54, 1.807) is 7.11 Å². The van der Waals surface area contributed by atoms with Gasteiger partial charge in [-0.3, -0.25) is 0 Å². The minimum Gasteiger partial charge on any atom is -0.385 e. The Morgan fingerprint density at radius 3 is 2.42 bits per heavy atom. The van der Waals surface area contributed by atoms with E-state index in [2.05, 4.69) is 13.8 Å². The lowest BCUT2D eigenvalue weighted by molar-refractivity contribution is -0.0685. The first-order valence-corrected chi connectivity index (χ1v) is 4.74. The van der Waals surface area contributed by atoms with Crippen LogP contribution in [0.2, 0.25) is 0 Å². The molecular weight excluding hydrogens is 152 g/mol. The molecule has 0 N–H and O–H groups in total. The van der Waals surface area contributed by atoms with Gasteiger partial charge in [-0.15, -0.1) is 0 Å². The largest absolute Gasteiger partial charge is 0.385 e. The molecule has 1 saturated carbocycles. The third-order valence-corrected chi connectivity index (χ3v) is 2.41. The summed E-state index contributed by atoms with van der Waals surface area (Å²) in [4.78, 5) is 0. The lowest BCUT2D eigenvalue weighted by Crippen LogP contribution is -2.38. The Balaban J connectivity index is 1.90. The summed E-state index contributed by atoms with van der Waals surface area (Å²) < 4.78 is 10.6. The SMILES string of the molecule is COCCCOC1CC(C)(C)C1. The van der Waals surface area contributed by atoms with Gasteiger partial charge in [-0.2, -0.15) is 0 Å². The maximum Gasteiger partial charge on any atom is 0.0585 e. The summed E-state index contributed by atoms with van der Waals surface area (Å²) in [6.45, 7) is 6.26. The maximum absolute atomic E-state index is 5.64. The second-order valence-electron chi connectivity index (χ2n) is 4.41. The molecular formula is C10H20O2. The predicted molar refractivity (Wildman–Crippen MR) is 49.2 cm³/mol. The van der Waals surface area contributed by atoms with Crippen LogP contribution in [0.15, 0.2) is 0 Å². The summed E-state index contributed by atoms with van der Waals surface area (Å²) >= 11 is 0. The van der Waals surface area contributed by atoms with Crippen molar-refractivity contribution in [3.63, 3.8) is 0 Å². The van der Waals surface area contributed by atoms with Gasteiger partial charge in [-0.1, -0.05) is 13.8 Å². The zero-order valence-electron chi connectivity index (χ0n) is 8.43. The van der Waals surface area contributed by atoms with Crippen molar-refractivity contribution in [2.75, 3.05) is 20.3 Å². The van der Waals surface area contributed by atoms with E-state index in [0.29, 0.717) is 11.5 Å². The van der Waals surface area contributed by atoms with Gasteiger partial charge in [-0.05, 0) is 24.7 Å². The van der Waals surface area contributed by atoms with Gasteiger partial charge in [0.05, 0.1) is 6.10 Å². The number of hydrogen-bond acceptors (Lipinski definition) is 2. The molecule has 0 aromatic rings. The summed E-state index contributed by atoms with van der Waals surface area (Å²) in [6, 6.07) is 0. The molecule has 0 aromatic heterocycles. The molecule has 1 aliphatic rings. The standard InChI is InChI=1S/C10H20O2/c1-10(2)7-9(8-10)12-6-4-5-11-3/h9H,4-8H2,1-3H3. The second-order valence-corrected chi connectivity index (χ2v) is 4.41. The lowest BCUT2D eigenvalue weighted by atomic mass is 9.70. The van der Waals surface area contributed by atoms with E-state index < -0.39 is 0 Å². The molecule has 0 aromatic carbocycles. The topological polar surface area (TPSA) is 18.5 Å². The molecule has 0 unspecified atom stereocenters. The fourth-order valence-corrected chi connectivity index (χ4v) is 1.74. The Morgan fingerprint density at radius 2 is 1.92 bits per heavy atom. The summed E-state index contributed by atoms with van der Waals surface area (Å²) in [5.74, 6) is 0. The summed E-state index contributed by atoms with van der Waals surface area (Å²) in [5.41, 5.74) is 0.534. The first-order valence-electron chi connectivity index (χ1n) is 4.74. The Morgan fingerprint density at radius 1 is 1.25 bits per heavy atom. The first-order chi connectivity index (χ1) is 5.64. The van der Waals surface area contributed by atoms with Crippen LogP contribution in [0.5, 0.6) is 0 Å². The molecule has 0 saturated heterocycles. The van der Waals surface area contributed by atoms with Crippen molar-refractivity contribution in [2.24, 2.45) is 5.41 Å². The summed E-state index contributed by atoms with van der Waals surface area (Å²) in [7, 11) is 1.73. The fourth-order valence-electron chi connectivity index (χ4n) is 1.74. The van der Waals surface area contributed by atoms with Gasteiger partial charge in [-0.25, -0.2) is 0 Å². The molecule has 0 amide bonds. The minimum atomic E-state index is 0.525. The molecule has 1 aliphatic carbocycles. The molecule has 0 bridgehead atoms. The monoisotopic (exact) mass is 172 g/mol. The molecule has 2 nitrogen and oxygen atoms in total. The van der Waals surface area contributed by atoms with Crippen LogP contribution < -0.4 is 0 Å². The molecule has 72 valence electrons. The van der Waals surface area contributed by atoms with E-state index in [0.717, 1.165) is 19.6 Å². The van der Waals surface area contributed by atoms with Gasteiger partial charge in [0.1, 0.15) is 0 Å². The van der Waals surface area contributed by atoms with E-state index in [-0.39, 0.29) is 0 Å². The highest BCUT2D eigenvalue weighted by atomic mass is 16.5. The van der Waals surface area contributed by atoms with Gasteiger partial charge >= 0.3 is 0 Å². The van der Waals surface area contributed by atoms with Crippen LogP contribution in [0.1, 0.15) is 33.1 Å². The Labute approximate surface area is 75.2 Å². The number of methoxy groups -OCH3 is 1. The molecule has 0 spiro atoms. The van der Waals surface area contributed by atoms with E-state index in [1.807, 2.05) is 0 Å². The highest BCUT2D eigenvalue weighted by Gasteiger charge is 2.36. The third kappa shape index (κ3) is 3.11. The van der Waals surface area contributed by atoms with Gasteiger partial charge in [0.2, 0.25) is 0 Å². The van der Waals surface area contributed by atoms with E-state index in [9.17, 15) is 0 Å². The van der Waals surface area contributed by atoms with Gasteiger partial charge in [0.15, 0.2) is 0 Å². The molecule has 0 aliphatic heterocycles. The molecule has 0 atom stereocenters. The van der Waals surface area contributed by atoms with Crippen molar-refractivity contribution in [2.45, 2.75) is 39.2 Å². The average Bonchev–Trinajstić information content (AvgIpc) is 1.94. The van der Waals surface area contributed by atoms with Gasteiger partial charge in [0, 0.05) is 20.3 Å². The van der Waals surface area contributed by atoms with Crippen molar-refractivity contribution >= 4 is 0 Å². The van der Waals surface area contributed by atoms with Crippen LogP contribution >= 0.6 is 0 Å². The highest BCUT2D eigenvalue weighted by Crippen LogP contribution is 2.41. The maximum atomic E-state index is 5.64. The van der Waals surface area contributed by atoms with Crippen molar-refractivity contribution in [1.29, 1.82) is 0 Å². The molecule has 0 radical (unpaired) electrons. The van der Waals surface area contributed by atoms with Gasteiger partial charge < -0.3 is 9.47 Å². The van der Waals surface area contributed by atoms with Gasteiger partial charge in [0.25, 0.3) is 0 Å². The van der Waals surface area contributed by atoms with Crippen LogP contribution in [0.4, 0.5) is 0 Å². The smallest absolute Gasteiger partial charge is 0.0585 e. The first kappa shape index (κ1) is 10.0. The Bertz CT molecular complexity index is 124. The van der Waals surface area contributed by atoms with Crippen LogP contribution in [-0.2, 0) is 9.47 Å². The molecule has 2 heteroatoms. The summed E-state index contributed by atoms with van der Waals surface area (Å²) in [6.07, 6.45) is 3.99. The number of rotatable bonds is 5. The minimum absolute atomic E-state index is 0.525. The predicted octanol–water partition coefficient (Wildman–Crippen LogP) is 2.23. The van der Waals surface area contributed by atoms with Crippen LogP contribution in [0.25, 0.3) is 0 Å². The zero-order chi connectivity index (χ0) is 9.03. The van der Waals surface area contributed by atoms with Crippen LogP contribution in [-0.4, -0.2) is 26.4 Å². The Kier molecular flexibility index (Phi) is 3.53. The molecule has 12 heavy (non-hydrogen) atoms. The van der Waals surface area contributed by atoms with Crippen molar-refractivity contribution < 1.29 is 9.47 Å². The highest BCUT2D eigenvalue weighted by molar-refractivity contribution is 4.87. The second kappa shape index (κ2) is 4.24. The summed E-state index contributed by atoms with van der Waals surface area (Å²) in [5, 5.41) is 0. The Hall–Kier alpha value is -0.0800. The third-order valence-electron chi connectivity index (χ3n) is 2.41. The van der Waals surface area contributed by atoms with Crippen molar-refractivity contribution in [3.8, 4) is 0 Å². The number of ether oxygens (including phenoxy) is 2. The molecule has 0 heterocycles. The number of hydrogen-bond donors (Lipinski definition) is 0. The zero-order valence-corrected chi connectivity index (χ0v) is 8.43. The van der Waals surface area contributed by atoms with E-state index in [1.165, 1.54) is 12.8 Å². The molecule has 1 rings (SSSR count).